The molecule has 0 unspecified atom stereocenters. The maximum atomic E-state index is 11.3. The van der Waals surface area contributed by atoms with Crippen LogP contribution in [-0.4, -0.2) is 28.4 Å². The van der Waals surface area contributed by atoms with E-state index in [0.717, 1.165) is 29.9 Å². The summed E-state index contributed by atoms with van der Waals surface area (Å²) in [6.07, 6.45) is 8.60. The summed E-state index contributed by atoms with van der Waals surface area (Å²) in [4.78, 5) is 18.5. The van der Waals surface area contributed by atoms with Gasteiger partial charge in [-0.2, -0.15) is 0 Å². The molecule has 1 amide bonds. The van der Waals surface area contributed by atoms with E-state index in [1.165, 1.54) is 32.1 Å². The first kappa shape index (κ1) is 17.6. The number of primary amides is 1. The second-order valence-corrected chi connectivity index (χ2v) is 6.84. The summed E-state index contributed by atoms with van der Waals surface area (Å²) in [7, 11) is 0. The molecule has 0 radical (unpaired) electrons. The number of hydrogen-bond donors (Lipinski definition) is 1. The van der Waals surface area contributed by atoms with Crippen molar-refractivity contribution < 1.29 is 4.79 Å². The fourth-order valence-electron chi connectivity index (χ4n) is 3.69. The molecule has 1 fully saturated rings. The molecular weight excluding hydrogens is 310 g/mol. The van der Waals surface area contributed by atoms with E-state index in [1.807, 2.05) is 24.4 Å². The minimum Gasteiger partial charge on any atom is -0.366 e. The number of carbonyl (C=O) groups is 1. The predicted molar refractivity (Wildman–Crippen MR) is 101 cm³/mol. The Morgan fingerprint density at radius 2 is 1.96 bits per heavy atom. The summed E-state index contributed by atoms with van der Waals surface area (Å²) < 4.78 is 0. The third-order valence-corrected chi connectivity index (χ3v) is 5.17. The van der Waals surface area contributed by atoms with Crippen molar-refractivity contribution in [2.24, 2.45) is 5.73 Å². The maximum Gasteiger partial charge on any atom is 0.248 e. The highest BCUT2D eigenvalue weighted by molar-refractivity contribution is 5.94. The number of nitrogens with two attached hydrogens (primary N) is 1. The molecule has 2 aromatic rings. The summed E-state index contributed by atoms with van der Waals surface area (Å²) in [6.45, 7) is 4.20. The second-order valence-electron chi connectivity index (χ2n) is 6.84. The van der Waals surface area contributed by atoms with Gasteiger partial charge in [0.15, 0.2) is 0 Å². The standard InChI is InChI=1S/C21H27N3O/c1-2-24(20-9-4-3-5-10-20)15-19-12-11-18(14-23-19)16-7-6-8-17(13-16)21(22)25/h6-8,11-14,20H,2-5,9-10,15H2,1H3,(H2,22,25). The monoisotopic (exact) mass is 337 g/mol. The van der Waals surface area contributed by atoms with Crippen LogP contribution in [0.2, 0.25) is 0 Å². The SMILES string of the molecule is CCN(Cc1ccc(-c2cccc(C(N)=O)c2)cn1)C1CCCCC1. The summed E-state index contributed by atoms with van der Waals surface area (Å²) in [5, 5.41) is 0. The lowest BCUT2D eigenvalue weighted by Crippen LogP contribution is -2.36. The normalized spacial score (nSPS) is 15.4. The smallest absolute Gasteiger partial charge is 0.248 e. The Morgan fingerprint density at radius 3 is 2.60 bits per heavy atom. The number of hydrogen-bond acceptors (Lipinski definition) is 3. The molecule has 1 saturated carbocycles. The summed E-state index contributed by atoms with van der Waals surface area (Å²) in [6, 6.07) is 12.3. The van der Waals surface area contributed by atoms with Crippen LogP contribution in [0.3, 0.4) is 0 Å². The van der Waals surface area contributed by atoms with Gasteiger partial charge < -0.3 is 5.73 Å². The number of benzene rings is 1. The van der Waals surface area contributed by atoms with E-state index >= 15 is 0 Å². The lowest BCUT2D eigenvalue weighted by atomic mass is 9.94. The largest absolute Gasteiger partial charge is 0.366 e. The summed E-state index contributed by atoms with van der Waals surface area (Å²) in [5.41, 5.74) is 8.96. The Balaban J connectivity index is 1.71. The minimum atomic E-state index is -0.405. The molecule has 2 N–H and O–H groups in total. The van der Waals surface area contributed by atoms with Gasteiger partial charge in [-0.15, -0.1) is 0 Å². The molecule has 0 aliphatic heterocycles. The zero-order chi connectivity index (χ0) is 17.6. The average molecular weight is 337 g/mol. The van der Waals surface area contributed by atoms with Crippen LogP contribution in [0.1, 0.15) is 55.1 Å². The Kier molecular flexibility index (Phi) is 5.82. The van der Waals surface area contributed by atoms with Gasteiger partial charge in [0.2, 0.25) is 5.91 Å². The van der Waals surface area contributed by atoms with Gasteiger partial charge in [0.25, 0.3) is 0 Å². The van der Waals surface area contributed by atoms with Gasteiger partial charge in [0.05, 0.1) is 5.69 Å². The van der Waals surface area contributed by atoms with E-state index in [4.69, 9.17) is 5.73 Å². The number of amides is 1. The van der Waals surface area contributed by atoms with Crippen LogP contribution in [-0.2, 0) is 6.54 Å². The van der Waals surface area contributed by atoms with Crippen molar-refractivity contribution >= 4 is 5.91 Å². The van der Waals surface area contributed by atoms with Crippen molar-refractivity contribution in [2.75, 3.05) is 6.54 Å². The molecule has 0 saturated heterocycles. The van der Waals surface area contributed by atoms with Crippen molar-refractivity contribution in [2.45, 2.75) is 51.6 Å². The quantitative estimate of drug-likeness (QED) is 0.866. The van der Waals surface area contributed by atoms with Gasteiger partial charge in [-0.25, -0.2) is 0 Å². The predicted octanol–water partition coefficient (Wildman–Crippen LogP) is 4.00. The zero-order valence-corrected chi connectivity index (χ0v) is 14.9. The fourth-order valence-corrected chi connectivity index (χ4v) is 3.69. The van der Waals surface area contributed by atoms with E-state index in [0.29, 0.717) is 11.6 Å². The molecule has 1 aliphatic carbocycles. The molecule has 0 spiro atoms. The van der Waals surface area contributed by atoms with Gasteiger partial charge in [-0.3, -0.25) is 14.7 Å². The topological polar surface area (TPSA) is 59.2 Å². The third-order valence-electron chi connectivity index (χ3n) is 5.17. The molecule has 4 nitrogen and oxygen atoms in total. The lowest BCUT2D eigenvalue weighted by Gasteiger charge is -2.33. The first-order valence-corrected chi connectivity index (χ1v) is 9.26. The fraction of sp³-hybridized carbons (Fsp3) is 0.429. The Morgan fingerprint density at radius 1 is 1.16 bits per heavy atom. The molecule has 1 aromatic heterocycles. The van der Waals surface area contributed by atoms with Crippen LogP contribution in [0, 0.1) is 0 Å². The summed E-state index contributed by atoms with van der Waals surface area (Å²) in [5.74, 6) is -0.405. The zero-order valence-electron chi connectivity index (χ0n) is 14.9. The van der Waals surface area contributed by atoms with Crippen LogP contribution in [0.15, 0.2) is 42.6 Å². The van der Waals surface area contributed by atoms with Gasteiger partial charge >= 0.3 is 0 Å². The van der Waals surface area contributed by atoms with Crippen LogP contribution in [0.4, 0.5) is 0 Å². The number of nitrogens with zero attached hydrogens (tertiary/aromatic N) is 2. The third kappa shape index (κ3) is 4.45. The van der Waals surface area contributed by atoms with Crippen molar-refractivity contribution in [1.29, 1.82) is 0 Å². The highest BCUT2D eigenvalue weighted by atomic mass is 16.1. The Bertz CT molecular complexity index is 705. The minimum absolute atomic E-state index is 0.405. The van der Waals surface area contributed by atoms with Crippen LogP contribution in [0.5, 0.6) is 0 Å². The Labute approximate surface area is 150 Å². The first-order chi connectivity index (χ1) is 12.2. The number of rotatable bonds is 6. The lowest BCUT2D eigenvalue weighted by molar-refractivity contribution is 0.100. The molecule has 25 heavy (non-hydrogen) atoms. The molecule has 4 heteroatoms. The molecule has 0 bridgehead atoms. The van der Waals surface area contributed by atoms with E-state index in [2.05, 4.69) is 28.9 Å². The van der Waals surface area contributed by atoms with E-state index < -0.39 is 5.91 Å². The molecule has 3 rings (SSSR count). The van der Waals surface area contributed by atoms with Gasteiger partial charge in [-0.1, -0.05) is 44.4 Å². The number of carbonyl (C=O) groups excluding carboxylic acids is 1. The highest BCUT2D eigenvalue weighted by Crippen LogP contribution is 2.24. The van der Waals surface area contributed by atoms with E-state index in [1.54, 1.807) is 6.07 Å². The summed E-state index contributed by atoms with van der Waals surface area (Å²) >= 11 is 0. The van der Waals surface area contributed by atoms with E-state index in [9.17, 15) is 4.79 Å². The molecule has 0 atom stereocenters. The van der Waals surface area contributed by atoms with Gasteiger partial charge in [0, 0.05) is 29.9 Å². The van der Waals surface area contributed by atoms with Crippen LogP contribution >= 0.6 is 0 Å². The molecule has 1 aliphatic rings. The highest BCUT2D eigenvalue weighted by Gasteiger charge is 2.20. The molecule has 1 heterocycles. The van der Waals surface area contributed by atoms with Crippen molar-refractivity contribution in [3.05, 3.63) is 53.9 Å². The van der Waals surface area contributed by atoms with Crippen LogP contribution < -0.4 is 5.73 Å². The van der Waals surface area contributed by atoms with E-state index in [-0.39, 0.29) is 0 Å². The molecular formula is C21H27N3O. The van der Waals surface area contributed by atoms with Gasteiger partial charge in [0.1, 0.15) is 0 Å². The van der Waals surface area contributed by atoms with Crippen molar-refractivity contribution in [1.82, 2.24) is 9.88 Å². The van der Waals surface area contributed by atoms with Crippen molar-refractivity contribution in [3.8, 4) is 11.1 Å². The van der Waals surface area contributed by atoms with Gasteiger partial charge in [-0.05, 0) is 43.1 Å². The average Bonchev–Trinajstić information content (AvgIpc) is 2.67. The van der Waals surface area contributed by atoms with Crippen molar-refractivity contribution in [3.63, 3.8) is 0 Å². The molecule has 132 valence electrons. The number of pyridine rings is 1. The van der Waals surface area contributed by atoms with Crippen LogP contribution in [0.25, 0.3) is 11.1 Å². The first-order valence-electron chi connectivity index (χ1n) is 9.26. The maximum absolute atomic E-state index is 11.3. The Hall–Kier alpha value is -2.20. The number of aromatic nitrogens is 1. The molecule has 1 aromatic carbocycles. The second kappa shape index (κ2) is 8.26.